The maximum absolute atomic E-state index is 12.2. The first-order valence-corrected chi connectivity index (χ1v) is 7.27. The van der Waals surface area contributed by atoms with Gasteiger partial charge in [0, 0.05) is 5.69 Å². The van der Waals surface area contributed by atoms with Gasteiger partial charge < -0.3 is 20.0 Å². The molecule has 6 heteroatoms. The minimum atomic E-state index is -0.640. The SMILES string of the molecule is Cc1ccc(O[C@@H](C)C(=O)Nc2ccc3[nH]c(=O)[nH]c3c2)cc1. The van der Waals surface area contributed by atoms with Crippen molar-refractivity contribution in [3.8, 4) is 5.75 Å². The summed E-state index contributed by atoms with van der Waals surface area (Å²) < 4.78 is 5.62. The number of nitrogens with one attached hydrogen (secondary N) is 3. The number of aromatic amines is 2. The molecule has 0 radical (unpaired) electrons. The number of hydrogen-bond donors (Lipinski definition) is 3. The van der Waals surface area contributed by atoms with Gasteiger partial charge in [0.05, 0.1) is 11.0 Å². The Morgan fingerprint density at radius 2 is 1.78 bits per heavy atom. The fourth-order valence-corrected chi connectivity index (χ4v) is 2.23. The highest BCUT2D eigenvalue weighted by Crippen LogP contribution is 2.17. The molecule has 0 aliphatic heterocycles. The first-order chi connectivity index (χ1) is 11.0. The van der Waals surface area contributed by atoms with Crippen LogP contribution in [0.2, 0.25) is 0 Å². The second kappa shape index (κ2) is 6.00. The molecule has 0 aliphatic carbocycles. The molecule has 3 N–H and O–H groups in total. The van der Waals surface area contributed by atoms with Gasteiger partial charge in [-0.2, -0.15) is 0 Å². The van der Waals surface area contributed by atoms with E-state index < -0.39 is 6.10 Å². The number of ether oxygens (including phenoxy) is 1. The number of aryl methyl sites for hydroxylation is 1. The van der Waals surface area contributed by atoms with Crippen molar-refractivity contribution in [1.82, 2.24) is 9.97 Å². The van der Waals surface area contributed by atoms with Gasteiger partial charge >= 0.3 is 5.69 Å². The number of H-pyrrole nitrogens is 2. The van der Waals surface area contributed by atoms with Gasteiger partial charge in [0.25, 0.3) is 5.91 Å². The first-order valence-electron chi connectivity index (χ1n) is 7.27. The van der Waals surface area contributed by atoms with Crippen LogP contribution < -0.4 is 15.7 Å². The Kier molecular flexibility index (Phi) is 3.89. The monoisotopic (exact) mass is 311 g/mol. The summed E-state index contributed by atoms with van der Waals surface area (Å²) >= 11 is 0. The van der Waals surface area contributed by atoms with Crippen LogP contribution in [0.25, 0.3) is 11.0 Å². The van der Waals surface area contributed by atoms with E-state index in [1.807, 2.05) is 31.2 Å². The maximum atomic E-state index is 12.2. The van der Waals surface area contributed by atoms with E-state index in [2.05, 4.69) is 15.3 Å². The zero-order valence-electron chi connectivity index (χ0n) is 12.8. The standard InChI is InChI=1S/C17H17N3O3/c1-10-3-6-13(7-4-10)23-11(2)16(21)18-12-5-8-14-15(9-12)20-17(22)19-14/h3-9,11H,1-2H3,(H,18,21)(H2,19,20,22)/t11-/m0/s1. The Balaban J connectivity index is 1.69. The lowest BCUT2D eigenvalue weighted by Gasteiger charge is -2.15. The topological polar surface area (TPSA) is 87.0 Å². The summed E-state index contributed by atoms with van der Waals surface area (Å²) in [5.41, 5.74) is 2.77. The van der Waals surface area contributed by atoms with Gasteiger partial charge in [-0.1, -0.05) is 17.7 Å². The van der Waals surface area contributed by atoms with Crippen molar-refractivity contribution < 1.29 is 9.53 Å². The Morgan fingerprint density at radius 1 is 1.09 bits per heavy atom. The number of imidazole rings is 1. The van der Waals surface area contributed by atoms with E-state index in [1.54, 1.807) is 25.1 Å². The van der Waals surface area contributed by atoms with E-state index >= 15 is 0 Å². The second-order valence-corrected chi connectivity index (χ2v) is 5.40. The summed E-state index contributed by atoms with van der Waals surface area (Å²) in [6.45, 7) is 3.67. The van der Waals surface area contributed by atoms with Crippen molar-refractivity contribution in [1.29, 1.82) is 0 Å². The third-order valence-electron chi connectivity index (χ3n) is 3.49. The molecule has 1 atom stereocenters. The highest BCUT2D eigenvalue weighted by Gasteiger charge is 2.15. The van der Waals surface area contributed by atoms with Gasteiger partial charge in [-0.05, 0) is 44.2 Å². The molecule has 0 saturated carbocycles. The third-order valence-corrected chi connectivity index (χ3v) is 3.49. The number of carbonyl (C=O) groups is 1. The number of benzene rings is 2. The lowest BCUT2D eigenvalue weighted by atomic mass is 10.2. The van der Waals surface area contributed by atoms with Gasteiger partial charge in [0.1, 0.15) is 5.75 Å². The molecule has 118 valence electrons. The molecule has 1 amide bonds. The largest absolute Gasteiger partial charge is 0.481 e. The number of anilines is 1. The van der Waals surface area contributed by atoms with Crippen molar-refractivity contribution >= 4 is 22.6 Å². The summed E-state index contributed by atoms with van der Waals surface area (Å²) in [6.07, 6.45) is -0.640. The van der Waals surface area contributed by atoms with Crippen molar-refractivity contribution in [2.75, 3.05) is 5.32 Å². The lowest BCUT2D eigenvalue weighted by molar-refractivity contribution is -0.122. The van der Waals surface area contributed by atoms with E-state index in [1.165, 1.54) is 0 Å². The number of aromatic nitrogens is 2. The summed E-state index contributed by atoms with van der Waals surface area (Å²) in [4.78, 5) is 28.8. The van der Waals surface area contributed by atoms with E-state index in [0.717, 1.165) is 5.56 Å². The van der Waals surface area contributed by atoms with Gasteiger partial charge in [-0.15, -0.1) is 0 Å². The molecule has 3 rings (SSSR count). The quantitative estimate of drug-likeness (QED) is 0.692. The molecule has 0 aliphatic rings. The molecule has 3 aromatic rings. The first kappa shape index (κ1) is 14.9. The maximum Gasteiger partial charge on any atom is 0.323 e. The van der Waals surface area contributed by atoms with Crippen LogP contribution >= 0.6 is 0 Å². The van der Waals surface area contributed by atoms with Gasteiger partial charge in [0.15, 0.2) is 6.10 Å². The van der Waals surface area contributed by atoms with Crippen LogP contribution in [0.5, 0.6) is 5.75 Å². The minimum Gasteiger partial charge on any atom is -0.481 e. The van der Waals surface area contributed by atoms with Crippen LogP contribution in [-0.4, -0.2) is 22.0 Å². The molecular formula is C17H17N3O3. The molecule has 1 aromatic heterocycles. The highest BCUT2D eigenvalue weighted by molar-refractivity contribution is 5.95. The molecule has 0 unspecified atom stereocenters. The number of amides is 1. The summed E-state index contributed by atoms with van der Waals surface area (Å²) in [5.74, 6) is 0.381. The average Bonchev–Trinajstić information content (AvgIpc) is 2.88. The molecule has 2 aromatic carbocycles. The Labute approximate surface area is 132 Å². The van der Waals surface area contributed by atoms with Crippen LogP contribution in [0.3, 0.4) is 0 Å². The molecule has 1 heterocycles. The van der Waals surface area contributed by atoms with E-state index in [4.69, 9.17) is 4.74 Å². The fourth-order valence-electron chi connectivity index (χ4n) is 2.23. The van der Waals surface area contributed by atoms with Gasteiger partial charge in [-0.25, -0.2) is 4.79 Å². The van der Waals surface area contributed by atoms with E-state index in [-0.39, 0.29) is 11.6 Å². The summed E-state index contributed by atoms with van der Waals surface area (Å²) in [6, 6.07) is 12.7. The van der Waals surface area contributed by atoms with E-state index in [9.17, 15) is 9.59 Å². The predicted molar refractivity (Wildman–Crippen MR) is 88.8 cm³/mol. The number of rotatable bonds is 4. The molecule has 0 saturated heterocycles. The van der Waals surface area contributed by atoms with Crippen LogP contribution in [0, 0.1) is 6.92 Å². The molecule has 0 fully saturated rings. The average molecular weight is 311 g/mol. The normalized spacial score (nSPS) is 12.1. The molecule has 0 bridgehead atoms. The van der Waals surface area contributed by atoms with Crippen molar-refractivity contribution in [2.45, 2.75) is 20.0 Å². The molecule has 6 nitrogen and oxygen atoms in total. The predicted octanol–water partition coefficient (Wildman–Crippen LogP) is 2.57. The van der Waals surface area contributed by atoms with Crippen molar-refractivity contribution in [3.63, 3.8) is 0 Å². The summed E-state index contributed by atoms with van der Waals surface area (Å²) in [7, 11) is 0. The number of carbonyl (C=O) groups excluding carboxylic acids is 1. The zero-order valence-corrected chi connectivity index (χ0v) is 12.8. The number of hydrogen-bond acceptors (Lipinski definition) is 3. The number of fused-ring (bicyclic) bond motifs is 1. The molecular weight excluding hydrogens is 294 g/mol. The zero-order chi connectivity index (χ0) is 16.4. The smallest absolute Gasteiger partial charge is 0.323 e. The van der Waals surface area contributed by atoms with Crippen LogP contribution in [0.15, 0.2) is 47.3 Å². The van der Waals surface area contributed by atoms with Gasteiger partial charge in [-0.3, -0.25) is 4.79 Å². The fraction of sp³-hybridized carbons (Fsp3) is 0.176. The highest BCUT2D eigenvalue weighted by atomic mass is 16.5. The van der Waals surface area contributed by atoms with E-state index in [0.29, 0.717) is 22.5 Å². The Hall–Kier alpha value is -3.02. The minimum absolute atomic E-state index is 0.261. The Morgan fingerprint density at radius 3 is 2.52 bits per heavy atom. The molecule has 23 heavy (non-hydrogen) atoms. The second-order valence-electron chi connectivity index (χ2n) is 5.40. The Bertz CT molecular complexity index is 893. The van der Waals surface area contributed by atoms with Crippen LogP contribution in [0.4, 0.5) is 5.69 Å². The summed E-state index contributed by atoms with van der Waals surface area (Å²) in [5, 5.41) is 2.77. The van der Waals surface area contributed by atoms with Crippen LogP contribution in [-0.2, 0) is 4.79 Å². The van der Waals surface area contributed by atoms with Gasteiger partial charge in [0.2, 0.25) is 0 Å². The van der Waals surface area contributed by atoms with Crippen LogP contribution in [0.1, 0.15) is 12.5 Å². The van der Waals surface area contributed by atoms with Crippen molar-refractivity contribution in [2.24, 2.45) is 0 Å². The third kappa shape index (κ3) is 3.42. The van der Waals surface area contributed by atoms with Crippen molar-refractivity contribution in [3.05, 3.63) is 58.5 Å². The lowest BCUT2D eigenvalue weighted by Crippen LogP contribution is -2.30. The molecule has 0 spiro atoms.